The molecule has 0 radical (unpaired) electrons. The molecule has 0 aromatic heterocycles. The molecule has 0 aromatic carbocycles. The minimum absolute atomic E-state index is 0.527. The van der Waals surface area contributed by atoms with Gasteiger partial charge in [-0.2, -0.15) is 0 Å². The first kappa shape index (κ1) is 8.97. The second-order valence-corrected chi connectivity index (χ2v) is 3.58. The molecule has 11 heavy (non-hydrogen) atoms. The van der Waals surface area contributed by atoms with E-state index in [9.17, 15) is 5.11 Å². The van der Waals surface area contributed by atoms with Gasteiger partial charge in [-0.05, 0) is 32.7 Å². The van der Waals surface area contributed by atoms with Gasteiger partial charge >= 0.3 is 0 Å². The summed E-state index contributed by atoms with van der Waals surface area (Å²) in [5.41, 5.74) is 4.86. The molecule has 0 amide bonds. The van der Waals surface area contributed by atoms with Crippen LogP contribution in [0.5, 0.6) is 0 Å². The predicted octanol–water partition coefficient (Wildman–Crippen LogP) is -0.162. The van der Waals surface area contributed by atoms with E-state index in [1.165, 1.54) is 0 Å². The molecule has 1 saturated heterocycles. The van der Waals surface area contributed by atoms with Crippen LogP contribution < -0.4 is 11.1 Å². The summed E-state index contributed by atoms with van der Waals surface area (Å²) in [6.45, 7) is 3.42. The van der Waals surface area contributed by atoms with Crippen molar-refractivity contribution < 1.29 is 5.11 Å². The number of hydrogen-bond donors (Lipinski definition) is 3. The lowest BCUT2D eigenvalue weighted by Gasteiger charge is -2.35. The third kappa shape index (κ3) is 2.43. The summed E-state index contributed by atoms with van der Waals surface area (Å²) in [4.78, 5) is 0. The van der Waals surface area contributed by atoms with Gasteiger partial charge in [0, 0.05) is 12.6 Å². The normalized spacial score (nSPS) is 39.0. The Morgan fingerprint density at radius 3 is 2.91 bits per heavy atom. The van der Waals surface area contributed by atoms with Crippen LogP contribution in [0.25, 0.3) is 0 Å². The summed E-state index contributed by atoms with van der Waals surface area (Å²) in [7, 11) is 0. The van der Waals surface area contributed by atoms with Gasteiger partial charge in [0.1, 0.15) is 0 Å². The van der Waals surface area contributed by atoms with Gasteiger partial charge in [-0.25, -0.2) is 0 Å². The molecule has 1 fully saturated rings. The van der Waals surface area contributed by atoms with Gasteiger partial charge in [0.05, 0.1) is 5.60 Å². The van der Waals surface area contributed by atoms with Crippen molar-refractivity contribution in [1.82, 2.24) is 5.32 Å². The van der Waals surface area contributed by atoms with Gasteiger partial charge in [-0.3, -0.25) is 0 Å². The zero-order valence-electron chi connectivity index (χ0n) is 7.14. The van der Waals surface area contributed by atoms with Crippen molar-refractivity contribution in [2.75, 3.05) is 13.1 Å². The molecule has 1 rings (SSSR count). The van der Waals surface area contributed by atoms with Crippen molar-refractivity contribution in [1.29, 1.82) is 0 Å². The lowest BCUT2D eigenvalue weighted by Crippen LogP contribution is -2.50. The van der Waals surface area contributed by atoms with Crippen LogP contribution in [0.4, 0.5) is 0 Å². The Morgan fingerprint density at radius 1 is 1.73 bits per heavy atom. The molecule has 0 aromatic rings. The highest BCUT2D eigenvalue weighted by Crippen LogP contribution is 2.21. The number of hydrogen-bond acceptors (Lipinski definition) is 3. The molecule has 1 aliphatic heterocycles. The lowest BCUT2D eigenvalue weighted by atomic mass is 9.88. The summed E-state index contributed by atoms with van der Waals surface area (Å²) in [6, 6.07) is 0.549. The highest BCUT2D eigenvalue weighted by Gasteiger charge is 2.30. The molecule has 2 atom stereocenters. The summed E-state index contributed by atoms with van der Waals surface area (Å²) in [5.74, 6) is 0. The van der Waals surface area contributed by atoms with Gasteiger partial charge in [0.25, 0.3) is 0 Å². The Bertz CT molecular complexity index is 119. The molecular weight excluding hydrogens is 140 g/mol. The van der Waals surface area contributed by atoms with Crippen molar-refractivity contribution in [2.45, 2.75) is 37.8 Å². The average molecular weight is 158 g/mol. The standard InChI is InChI=1S/C8H18N2O/c1-7-2-3-8(11,4-5-9)6-10-7/h7,10-11H,2-6,9H2,1H3. The van der Waals surface area contributed by atoms with E-state index >= 15 is 0 Å². The van der Waals surface area contributed by atoms with Crippen molar-refractivity contribution in [3.63, 3.8) is 0 Å². The monoisotopic (exact) mass is 158 g/mol. The van der Waals surface area contributed by atoms with Gasteiger partial charge in [-0.1, -0.05) is 0 Å². The fraction of sp³-hybridized carbons (Fsp3) is 1.00. The first-order valence-electron chi connectivity index (χ1n) is 4.32. The van der Waals surface area contributed by atoms with Crippen LogP contribution in [0, 0.1) is 0 Å². The Labute approximate surface area is 68.0 Å². The van der Waals surface area contributed by atoms with Crippen LogP contribution >= 0.6 is 0 Å². The molecule has 0 saturated carbocycles. The Morgan fingerprint density at radius 2 is 2.45 bits per heavy atom. The number of nitrogens with two attached hydrogens (primary N) is 1. The van der Waals surface area contributed by atoms with Crippen LogP contribution in [0.15, 0.2) is 0 Å². The smallest absolute Gasteiger partial charge is 0.0784 e. The van der Waals surface area contributed by atoms with Crippen molar-refractivity contribution in [3.05, 3.63) is 0 Å². The highest BCUT2D eigenvalue weighted by atomic mass is 16.3. The second-order valence-electron chi connectivity index (χ2n) is 3.58. The molecule has 0 bridgehead atoms. The SMILES string of the molecule is CC1CCC(O)(CCN)CN1. The summed E-state index contributed by atoms with van der Waals surface area (Å²) in [6.07, 6.45) is 2.65. The molecule has 0 aliphatic carbocycles. The number of piperidine rings is 1. The van der Waals surface area contributed by atoms with Gasteiger partial charge in [0.2, 0.25) is 0 Å². The molecule has 3 heteroatoms. The van der Waals surface area contributed by atoms with E-state index in [0.29, 0.717) is 25.6 Å². The van der Waals surface area contributed by atoms with Crippen LogP contribution in [-0.4, -0.2) is 29.8 Å². The van der Waals surface area contributed by atoms with E-state index in [4.69, 9.17) is 5.73 Å². The van der Waals surface area contributed by atoms with Gasteiger partial charge in [0.15, 0.2) is 0 Å². The number of rotatable bonds is 2. The van der Waals surface area contributed by atoms with E-state index in [1.54, 1.807) is 0 Å². The first-order chi connectivity index (χ1) is 5.16. The van der Waals surface area contributed by atoms with E-state index in [0.717, 1.165) is 12.8 Å². The van der Waals surface area contributed by atoms with Gasteiger partial charge in [-0.15, -0.1) is 0 Å². The van der Waals surface area contributed by atoms with Gasteiger partial charge < -0.3 is 16.2 Å². The zero-order valence-corrected chi connectivity index (χ0v) is 7.14. The largest absolute Gasteiger partial charge is 0.389 e. The minimum atomic E-state index is -0.527. The topological polar surface area (TPSA) is 58.3 Å². The Balaban J connectivity index is 2.35. The van der Waals surface area contributed by atoms with Crippen LogP contribution in [0.2, 0.25) is 0 Å². The van der Waals surface area contributed by atoms with E-state index < -0.39 is 5.60 Å². The van der Waals surface area contributed by atoms with E-state index in [-0.39, 0.29) is 0 Å². The number of β-amino-alcohol motifs (C(OH)–C–C–N with tert-alkyl or cyclic N) is 1. The fourth-order valence-electron chi connectivity index (χ4n) is 1.52. The predicted molar refractivity (Wildman–Crippen MR) is 45.3 cm³/mol. The van der Waals surface area contributed by atoms with Crippen LogP contribution in [-0.2, 0) is 0 Å². The molecule has 0 spiro atoms. The molecule has 1 aliphatic rings. The second kappa shape index (κ2) is 3.52. The summed E-state index contributed by atoms with van der Waals surface area (Å²) >= 11 is 0. The molecule has 1 heterocycles. The number of nitrogens with one attached hydrogen (secondary N) is 1. The number of aliphatic hydroxyl groups is 1. The van der Waals surface area contributed by atoms with Crippen molar-refractivity contribution in [3.8, 4) is 0 Å². The fourth-order valence-corrected chi connectivity index (χ4v) is 1.52. The Hall–Kier alpha value is -0.120. The Kier molecular flexibility index (Phi) is 2.87. The quantitative estimate of drug-likeness (QED) is 0.523. The van der Waals surface area contributed by atoms with E-state index in [1.807, 2.05) is 0 Å². The zero-order chi connectivity index (χ0) is 8.32. The molecule has 3 nitrogen and oxygen atoms in total. The summed E-state index contributed by atoms with van der Waals surface area (Å²) < 4.78 is 0. The van der Waals surface area contributed by atoms with Crippen LogP contribution in [0.1, 0.15) is 26.2 Å². The maximum absolute atomic E-state index is 9.85. The molecule has 66 valence electrons. The molecule has 2 unspecified atom stereocenters. The summed E-state index contributed by atoms with van der Waals surface area (Å²) in [5, 5.41) is 13.1. The van der Waals surface area contributed by atoms with Crippen LogP contribution in [0.3, 0.4) is 0 Å². The van der Waals surface area contributed by atoms with E-state index in [2.05, 4.69) is 12.2 Å². The molecular formula is C8H18N2O. The third-order valence-electron chi connectivity index (χ3n) is 2.43. The maximum Gasteiger partial charge on any atom is 0.0784 e. The lowest BCUT2D eigenvalue weighted by molar-refractivity contribution is 0.00272. The minimum Gasteiger partial charge on any atom is -0.389 e. The highest BCUT2D eigenvalue weighted by molar-refractivity contribution is 4.88. The van der Waals surface area contributed by atoms with Crippen molar-refractivity contribution in [2.24, 2.45) is 5.73 Å². The maximum atomic E-state index is 9.85. The average Bonchev–Trinajstić information content (AvgIpc) is 1.97. The molecule has 4 N–H and O–H groups in total. The van der Waals surface area contributed by atoms with Crippen molar-refractivity contribution >= 4 is 0 Å². The third-order valence-corrected chi connectivity index (χ3v) is 2.43. The first-order valence-corrected chi connectivity index (χ1v) is 4.32.